The molecule has 0 radical (unpaired) electrons. The van der Waals surface area contributed by atoms with Gasteiger partial charge in [0.25, 0.3) is 0 Å². The highest BCUT2D eigenvalue weighted by atomic mass is 16.5. The van der Waals surface area contributed by atoms with Crippen molar-refractivity contribution in [1.29, 1.82) is 0 Å². The standard InChI is InChI=1S/C24H34N4O/c1-4-25-24(26-18-20-9-8-10-21(17-20)19-27(2)3)28-15-13-23(14-16-28)29-22-11-6-5-7-12-22/h5-12,17,23H,4,13-16,18-19H2,1-3H3,(H,25,26). The van der Waals surface area contributed by atoms with Crippen molar-refractivity contribution >= 4 is 5.96 Å². The van der Waals surface area contributed by atoms with Crippen LogP contribution in [0.1, 0.15) is 30.9 Å². The molecule has 156 valence electrons. The molecular weight excluding hydrogens is 360 g/mol. The molecule has 3 rings (SSSR count). The van der Waals surface area contributed by atoms with E-state index in [1.165, 1.54) is 11.1 Å². The lowest BCUT2D eigenvalue weighted by atomic mass is 10.1. The number of hydrogen-bond acceptors (Lipinski definition) is 3. The first kappa shape index (κ1) is 21.2. The molecule has 5 heteroatoms. The fourth-order valence-electron chi connectivity index (χ4n) is 3.66. The largest absolute Gasteiger partial charge is 0.490 e. The van der Waals surface area contributed by atoms with E-state index < -0.39 is 0 Å². The van der Waals surface area contributed by atoms with Crippen LogP contribution in [0.3, 0.4) is 0 Å². The third-order valence-corrected chi connectivity index (χ3v) is 5.02. The molecule has 1 saturated heterocycles. The Bertz CT molecular complexity index is 767. The predicted octanol–water partition coefficient (Wildman–Crippen LogP) is 3.76. The molecule has 2 aromatic rings. The van der Waals surface area contributed by atoms with Gasteiger partial charge in [0.15, 0.2) is 5.96 Å². The average Bonchev–Trinajstić information content (AvgIpc) is 2.72. The summed E-state index contributed by atoms with van der Waals surface area (Å²) in [4.78, 5) is 9.46. The molecule has 1 aliphatic heterocycles. The van der Waals surface area contributed by atoms with E-state index in [-0.39, 0.29) is 6.10 Å². The summed E-state index contributed by atoms with van der Waals surface area (Å²) in [6.45, 7) is 6.57. The van der Waals surface area contributed by atoms with Gasteiger partial charge in [0.1, 0.15) is 11.9 Å². The topological polar surface area (TPSA) is 40.1 Å². The number of guanidine groups is 1. The molecule has 2 aromatic carbocycles. The highest BCUT2D eigenvalue weighted by Crippen LogP contribution is 2.19. The van der Waals surface area contributed by atoms with Crippen LogP contribution in [0.5, 0.6) is 5.75 Å². The second-order valence-electron chi connectivity index (χ2n) is 7.85. The van der Waals surface area contributed by atoms with Gasteiger partial charge in [0.2, 0.25) is 0 Å². The molecule has 1 heterocycles. The zero-order chi connectivity index (χ0) is 20.5. The summed E-state index contributed by atoms with van der Waals surface area (Å²) in [5.74, 6) is 1.97. The van der Waals surface area contributed by atoms with Gasteiger partial charge in [-0.25, -0.2) is 4.99 Å². The van der Waals surface area contributed by atoms with Crippen molar-refractivity contribution in [2.75, 3.05) is 33.7 Å². The third kappa shape index (κ3) is 6.79. The van der Waals surface area contributed by atoms with Crippen molar-refractivity contribution in [2.24, 2.45) is 4.99 Å². The van der Waals surface area contributed by atoms with Gasteiger partial charge in [0, 0.05) is 39.0 Å². The summed E-state index contributed by atoms with van der Waals surface area (Å²) in [6.07, 6.45) is 2.30. The summed E-state index contributed by atoms with van der Waals surface area (Å²) in [6, 6.07) is 18.8. The minimum atomic E-state index is 0.277. The normalized spacial score (nSPS) is 15.6. The van der Waals surface area contributed by atoms with Crippen molar-refractivity contribution < 1.29 is 4.74 Å². The van der Waals surface area contributed by atoms with E-state index in [4.69, 9.17) is 9.73 Å². The quantitative estimate of drug-likeness (QED) is 0.573. The van der Waals surface area contributed by atoms with Gasteiger partial charge < -0.3 is 19.9 Å². The number of para-hydroxylation sites is 1. The van der Waals surface area contributed by atoms with Crippen molar-refractivity contribution in [3.8, 4) is 5.75 Å². The Hall–Kier alpha value is -2.53. The molecule has 29 heavy (non-hydrogen) atoms. The molecule has 0 saturated carbocycles. The zero-order valence-electron chi connectivity index (χ0n) is 18.0. The molecule has 0 spiro atoms. The van der Waals surface area contributed by atoms with E-state index >= 15 is 0 Å². The Morgan fingerprint density at radius 1 is 1.07 bits per heavy atom. The first-order valence-corrected chi connectivity index (χ1v) is 10.6. The van der Waals surface area contributed by atoms with E-state index in [0.29, 0.717) is 6.54 Å². The summed E-state index contributed by atoms with van der Waals surface area (Å²) in [7, 11) is 4.19. The van der Waals surface area contributed by atoms with Crippen molar-refractivity contribution in [3.63, 3.8) is 0 Å². The Kier molecular flexibility index (Phi) is 7.94. The van der Waals surface area contributed by atoms with Gasteiger partial charge in [-0.2, -0.15) is 0 Å². The highest BCUT2D eigenvalue weighted by Gasteiger charge is 2.22. The lowest BCUT2D eigenvalue weighted by molar-refractivity contribution is 0.129. The van der Waals surface area contributed by atoms with E-state index in [0.717, 1.165) is 50.7 Å². The van der Waals surface area contributed by atoms with Gasteiger partial charge in [-0.1, -0.05) is 42.5 Å². The fourth-order valence-corrected chi connectivity index (χ4v) is 3.66. The molecule has 1 aliphatic rings. The van der Waals surface area contributed by atoms with Gasteiger partial charge in [-0.05, 0) is 44.3 Å². The number of aliphatic imine (C=N–C) groups is 1. The monoisotopic (exact) mass is 394 g/mol. The number of nitrogens with one attached hydrogen (secondary N) is 1. The van der Waals surface area contributed by atoms with E-state index in [1.54, 1.807) is 0 Å². The van der Waals surface area contributed by atoms with Gasteiger partial charge in [-0.3, -0.25) is 0 Å². The number of likely N-dealkylation sites (tertiary alicyclic amines) is 1. The number of nitrogens with zero attached hydrogens (tertiary/aromatic N) is 3. The van der Waals surface area contributed by atoms with Crippen LogP contribution in [0.4, 0.5) is 0 Å². The van der Waals surface area contributed by atoms with E-state index in [9.17, 15) is 0 Å². The predicted molar refractivity (Wildman–Crippen MR) is 120 cm³/mol. The van der Waals surface area contributed by atoms with Crippen molar-refractivity contribution in [1.82, 2.24) is 15.1 Å². The van der Waals surface area contributed by atoms with Gasteiger partial charge >= 0.3 is 0 Å². The molecular formula is C24H34N4O. The average molecular weight is 395 g/mol. The van der Waals surface area contributed by atoms with Crippen molar-refractivity contribution in [3.05, 3.63) is 65.7 Å². The number of benzene rings is 2. The highest BCUT2D eigenvalue weighted by molar-refractivity contribution is 5.80. The Morgan fingerprint density at radius 3 is 2.48 bits per heavy atom. The SMILES string of the molecule is CCNC(=NCc1cccc(CN(C)C)c1)N1CCC(Oc2ccccc2)CC1. The lowest BCUT2D eigenvalue weighted by Gasteiger charge is -2.34. The van der Waals surface area contributed by atoms with E-state index in [1.807, 2.05) is 30.3 Å². The molecule has 5 nitrogen and oxygen atoms in total. The van der Waals surface area contributed by atoms with Crippen LogP contribution in [0, 0.1) is 0 Å². The Labute approximate surface area is 175 Å². The second kappa shape index (κ2) is 10.9. The van der Waals surface area contributed by atoms with Crippen LogP contribution >= 0.6 is 0 Å². The first-order valence-electron chi connectivity index (χ1n) is 10.6. The first-order chi connectivity index (χ1) is 14.1. The lowest BCUT2D eigenvalue weighted by Crippen LogP contribution is -2.47. The maximum Gasteiger partial charge on any atom is 0.194 e. The zero-order valence-corrected chi connectivity index (χ0v) is 18.0. The van der Waals surface area contributed by atoms with Crippen LogP contribution in [-0.2, 0) is 13.1 Å². The molecule has 0 unspecified atom stereocenters. The van der Waals surface area contributed by atoms with Gasteiger partial charge in [0.05, 0.1) is 6.54 Å². The molecule has 0 aromatic heterocycles. The van der Waals surface area contributed by atoms with Crippen LogP contribution < -0.4 is 10.1 Å². The number of piperidine rings is 1. The van der Waals surface area contributed by atoms with E-state index in [2.05, 4.69) is 60.4 Å². The maximum absolute atomic E-state index is 6.13. The molecule has 1 fully saturated rings. The smallest absolute Gasteiger partial charge is 0.194 e. The molecule has 0 bridgehead atoms. The van der Waals surface area contributed by atoms with Crippen LogP contribution in [0.25, 0.3) is 0 Å². The Morgan fingerprint density at radius 2 is 1.79 bits per heavy atom. The number of ether oxygens (including phenoxy) is 1. The van der Waals surface area contributed by atoms with Crippen LogP contribution in [0.2, 0.25) is 0 Å². The number of hydrogen-bond donors (Lipinski definition) is 1. The summed E-state index contributed by atoms with van der Waals surface area (Å²) in [5.41, 5.74) is 2.58. The molecule has 0 amide bonds. The molecule has 1 N–H and O–H groups in total. The summed E-state index contributed by atoms with van der Waals surface area (Å²) < 4.78 is 6.13. The second-order valence-corrected chi connectivity index (χ2v) is 7.85. The minimum absolute atomic E-state index is 0.277. The maximum atomic E-state index is 6.13. The third-order valence-electron chi connectivity index (χ3n) is 5.02. The van der Waals surface area contributed by atoms with Crippen LogP contribution in [0.15, 0.2) is 59.6 Å². The fraction of sp³-hybridized carbons (Fsp3) is 0.458. The van der Waals surface area contributed by atoms with Gasteiger partial charge in [-0.15, -0.1) is 0 Å². The van der Waals surface area contributed by atoms with Crippen LogP contribution in [-0.4, -0.2) is 55.6 Å². The van der Waals surface area contributed by atoms with Crippen molar-refractivity contribution in [2.45, 2.75) is 39.0 Å². The molecule has 0 atom stereocenters. The Balaban J connectivity index is 1.57. The minimum Gasteiger partial charge on any atom is -0.490 e. The summed E-state index contributed by atoms with van der Waals surface area (Å²) >= 11 is 0. The number of rotatable bonds is 7. The summed E-state index contributed by atoms with van der Waals surface area (Å²) in [5, 5.41) is 3.46. The molecule has 0 aliphatic carbocycles.